The Hall–Kier alpha value is -1.66. The van der Waals surface area contributed by atoms with Gasteiger partial charge in [0.15, 0.2) is 0 Å². The Morgan fingerprint density at radius 1 is 1.64 bits per heavy atom. The Morgan fingerprint density at radius 3 is 2.57 bits per heavy atom. The van der Waals surface area contributed by atoms with E-state index in [1.807, 2.05) is 5.32 Å². The van der Waals surface area contributed by atoms with E-state index in [2.05, 4.69) is 5.10 Å². The van der Waals surface area contributed by atoms with Crippen molar-refractivity contribution in [3.8, 4) is 0 Å². The molecular formula is C7H9F2N3O2. The number of alkyl halides is 2. The van der Waals surface area contributed by atoms with Crippen LogP contribution in [0, 0.1) is 0 Å². The Kier molecular flexibility index (Phi) is 2.41. The monoisotopic (exact) mass is 205 g/mol. The molecule has 0 unspecified atom stereocenters. The van der Waals surface area contributed by atoms with E-state index >= 15 is 0 Å². The van der Waals surface area contributed by atoms with Crippen molar-refractivity contribution >= 4 is 11.6 Å². The van der Waals surface area contributed by atoms with E-state index in [1.54, 1.807) is 0 Å². The number of H-pyrrole nitrogens is 1. The molecule has 0 saturated carbocycles. The van der Waals surface area contributed by atoms with Crippen LogP contribution in [0.5, 0.6) is 0 Å². The number of amides is 1. The lowest BCUT2D eigenvalue weighted by molar-refractivity contribution is -0.137. The molecule has 0 aliphatic heterocycles. The van der Waals surface area contributed by atoms with Gasteiger partial charge in [-0.2, -0.15) is 8.78 Å². The lowest BCUT2D eigenvalue weighted by Gasteiger charge is -2.08. The molecule has 78 valence electrons. The van der Waals surface area contributed by atoms with Crippen LogP contribution in [0.1, 0.15) is 6.92 Å². The van der Waals surface area contributed by atoms with Crippen molar-refractivity contribution in [1.82, 2.24) is 9.78 Å². The summed E-state index contributed by atoms with van der Waals surface area (Å²) in [6, 6.07) is 0. The molecular weight excluding hydrogens is 196 g/mol. The van der Waals surface area contributed by atoms with Crippen LogP contribution < -0.4 is 10.9 Å². The molecule has 0 atom stereocenters. The molecule has 2 N–H and O–H groups in total. The lowest BCUT2D eigenvalue weighted by atomic mass is 10.3. The molecule has 0 fully saturated rings. The Bertz CT molecular complexity index is 402. The van der Waals surface area contributed by atoms with Gasteiger partial charge in [0.2, 0.25) is 0 Å². The lowest BCUT2D eigenvalue weighted by Crippen LogP contribution is -2.32. The summed E-state index contributed by atoms with van der Waals surface area (Å²) in [5.41, 5.74) is -0.816. The van der Waals surface area contributed by atoms with E-state index in [0.717, 1.165) is 0 Å². The first-order valence-electron chi connectivity index (χ1n) is 3.75. The van der Waals surface area contributed by atoms with Gasteiger partial charge in [-0.15, -0.1) is 0 Å². The number of rotatable bonds is 2. The van der Waals surface area contributed by atoms with Gasteiger partial charge in [0.25, 0.3) is 11.5 Å². The summed E-state index contributed by atoms with van der Waals surface area (Å²) in [7, 11) is 1.50. The summed E-state index contributed by atoms with van der Waals surface area (Å²) in [6.45, 7) is 0.458. The summed E-state index contributed by atoms with van der Waals surface area (Å²) in [4.78, 5) is 21.7. The van der Waals surface area contributed by atoms with E-state index in [9.17, 15) is 18.4 Å². The zero-order chi connectivity index (χ0) is 10.9. The molecule has 14 heavy (non-hydrogen) atoms. The van der Waals surface area contributed by atoms with Crippen LogP contribution in [0.25, 0.3) is 0 Å². The van der Waals surface area contributed by atoms with Crippen molar-refractivity contribution in [3.05, 3.63) is 16.6 Å². The molecule has 1 heterocycles. The molecule has 0 saturated heterocycles. The standard InChI is InChI=1S/C7H9F2N3O2/c1-7(8,9)6(14)10-4-3-12(2)11-5(4)13/h3H,1-2H3,(H,10,14)(H,11,13). The largest absolute Gasteiger partial charge is 0.322 e. The van der Waals surface area contributed by atoms with E-state index in [-0.39, 0.29) is 5.69 Å². The van der Waals surface area contributed by atoms with Crippen LogP contribution in [0.3, 0.4) is 0 Å². The Balaban J connectivity index is 2.85. The van der Waals surface area contributed by atoms with Gasteiger partial charge in [-0.3, -0.25) is 19.4 Å². The molecule has 1 amide bonds. The predicted octanol–water partition coefficient (Wildman–Crippen LogP) is 0.307. The second-order valence-electron chi connectivity index (χ2n) is 2.94. The average molecular weight is 205 g/mol. The quantitative estimate of drug-likeness (QED) is 0.729. The molecule has 0 bridgehead atoms. The zero-order valence-electron chi connectivity index (χ0n) is 7.60. The summed E-state index contributed by atoms with van der Waals surface area (Å²) in [6.07, 6.45) is 1.21. The van der Waals surface area contributed by atoms with Crippen molar-refractivity contribution in [2.75, 3.05) is 5.32 Å². The summed E-state index contributed by atoms with van der Waals surface area (Å²) < 4.78 is 26.1. The first-order chi connectivity index (χ1) is 6.30. The molecule has 1 rings (SSSR count). The van der Waals surface area contributed by atoms with Gasteiger partial charge in [0.05, 0.1) is 6.20 Å². The van der Waals surface area contributed by atoms with Crippen LogP contribution in [0.4, 0.5) is 14.5 Å². The number of anilines is 1. The van der Waals surface area contributed by atoms with Gasteiger partial charge in [-0.1, -0.05) is 0 Å². The van der Waals surface area contributed by atoms with E-state index < -0.39 is 17.4 Å². The minimum atomic E-state index is -3.50. The van der Waals surface area contributed by atoms with Crippen molar-refractivity contribution in [2.24, 2.45) is 7.05 Å². The predicted molar refractivity (Wildman–Crippen MR) is 45.3 cm³/mol. The molecule has 0 aromatic carbocycles. The molecule has 1 aromatic heterocycles. The fourth-order valence-corrected chi connectivity index (χ4v) is 0.826. The molecule has 5 nitrogen and oxygen atoms in total. The molecule has 0 spiro atoms. The van der Waals surface area contributed by atoms with Crippen molar-refractivity contribution in [1.29, 1.82) is 0 Å². The van der Waals surface area contributed by atoms with Crippen LogP contribution >= 0.6 is 0 Å². The fourth-order valence-electron chi connectivity index (χ4n) is 0.826. The van der Waals surface area contributed by atoms with Crippen molar-refractivity contribution in [3.63, 3.8) is 0 Å². The van der Waals surface area contributed by atoms with Crippen molar-refractivity contribution in [2.45, 2.75) is 12.8 Å². The Morgan fingerprint density at radius 2 is 2.21 bits per heavy atom. The average Bonchev–Trinajstić information content (AvgIpc) is 2.28. The van der Waals surface area contributed by atoms with Gasteiger partial charge in [0, 0.05) is 14.0 Å². The van der Waals surface area contributed by atoms with E-state index in [0.29, 0.717) is 6.92 Å². The van der Waals surface area contributed by atoms with Gasteiger partial charge in [0.1, 0.15) is 5.69 Å². The highest BCUT2D eigenvalue weighted by atomic mass is 19.3. The second-order valence-corrected chi connectivity index (χ2v) is 2.94. The van der Waals surface area contributed by atoms with E-state index in [1.165, 1.54) is 17.9 Å². The summed E-state index contributed by atoms with van der Waals surface area (Å²) in [5.74, 6) is -5.00. The summed E-state index contributed by atoms with van der Waals surface area (Å²) >= 11 is 0. The normalized spacial score (nSPS) is 11.4. The number of halogens is 2. The third kappa shape index (κ3) is 2.18. The van der Waals surface area contributed by atoms with Gasteiger partial charge >= 0.3 is 5.92 Å². The van der Waals surface area contributed by atoms with Crippen LogP contribution in [0.15, 0.2) is 11.0 Å². The number of nitrogens with one attached hydrogen (secondary N) is 2. The maximum atomic E-state index is 12.4. The van der Waals surface area contributed by atoms with Crippen LogP contribution in [-0.4, -0.2) is 21.6 Å². The van der Waals surface area contributed by atoms with Crippen LogP contribution in [-0.2, 0) is 11.8 Å². The van der Waals surface area contributed by atoms with Gasteiger partial charge < -0.3 is 5.32 Å². The maximum absolute atomic E-state index is 12.4. The van der Waals surface area contributed by atoms with E-state index in [4.69, 9.17) is 0 Å². The number of aromatic nitrogens is 2. The van der Waals surface area contributed by atoms with Crippen LogP contribution in [0.2, 0.25) is 0 Å². The first kappa shape index (κ1) is 10.4. The molecule has 0 radical (unpaired) electrons. The number of carbonyl (C=O) groups excluding carboxylic acids is 1. The minimum Gasteiger partial charge on any atom is -0.315 e. The highest BCUT2D eigenvalue weighted by Gasteiger charge is 2.32. The molecule has 7 heteroatoms. The number of nitrogens with zero attached hydrogens (tertiary/aromatic N) is 1. The molecule has 1 aromatic rings. The molecule has 0 aliphatic carbocycles. The van der Waals surface area contributed by atoms with Gasteiger partial charge in [-0.25, -0.2) is 0 Å². The number of aryl methyl sites for hydroxylation is 1. The third-order valence-corrected chi connectivity index (χ3v) is 1.49. The second kappa shape index (κ2) is 3.24. The smallest absolute Gasteiger partial charge is 0.315 e. The number of carbonyl (C=O) groups is 1. The fraction of sp³-hybridized carbons (Fsp3) is 0.429. The van der Waals surface area contributed by atoms with Gasteiger partial charge in [-0.05, 0) is 0 Å². The highest BCUT2D eigenvalue weighted by Crippen LogP contribution is 2.13. The molecule has 0 aliphatic rings. The SMILES string of the molecule is Cn1cc(NC(=O)C(C)(F)F)c(=O)[nH]1. The minimum absolute atomic E-state index is 0.195. The zero-order valence-corrected chi connectivity index (χ0v) is 7.60. The number of hydrogen-bond acceptors (Lipinski definition) is 2. The third-order valence-electron chi connectivity index (χ3n) is 1.49. The van der Waals surface area contributed by atoms with Crippen molar-refractivity contribution < 1.29 is 13.6 Å². The summed E-state index contributed by atoms with van der Waals surface area (Å²) in [5, 5.41) is 4.08. The number of hydrogen-bond donors (Lipinski definition) is 2. The number of aromatic amines is 1. The highest BCUT2D eigenvalue weighted by molar-refractivity contribution is 5.95. The topological polar surface area (TPSA) is 66.9 Å². The Labute approximate surface area is 77.7 Å². The maximum Gasteiger partial charge on any atom is 0.322 e. The first-order valence-corrected chi connectivity index (χ1v) is 3.75.